The average molecular weight is 515 g/mol. The van der Waals surface area contributed by atoms with Gasteiger partial charge in [-0.3, -0.25) is 0 Å². The third-order valence-electron chi connectivity index (χ3n) is 7.75. The molecule has 0 unspecified atom stereocenters. The predicted molar refractivity (Wildman–Crippen MR) is 147 cm³/mol. The highest BCUT2D eigenvalue weighted by Gasteiger charge is 2.41. The number of nitrogens with one attached hydrogen (secondary N) is 3. The molecule has 10 nitrogen and oxygen atoms in total. The second-order valence-corrected chi connectivity index (χ2v) is 10.3. The van der Waals surface area contributed by atoms with Crippen LogP contribution in [-0.4, -0.2) is 73.7 Å². The number of imidazole rings is 1. The van der Waals surface area contributed by atoms with E-state index in [2.05, 4.69) is 69.5 Å². The predicted octanol–water partition coefficient (Wildman–Crippen LogP) is 1.84. The molecule has 10 heteroatoms. The van der Waals surface area contributed by atoms with Gasteiger partial charge in [-0.15, -0.1) is 0 Å². The van der Waals surface area contributed by atoms with Crippen LogP contribution in [0, 0.1) is 0 Å². The molecule has 198 valence electrons. The Morgan fingerprint density at radius 2 is 1.71 bits per heavy atom. The first kappa shape index (κ1) is 24.7. The molecule has 2 fully saturated rings. The fraction of sp³-hybridized carbons (Fsp3) is 0.393. The lowest BCUT2D eigenvalue weighted by atomic mass is 9.91. The van der Waals surface area contributed by atoms with Crippen molar-refractivity contribution in [1.29, 1.82) is 0 Å². The first-order chi connectivity index (χ1) is 18.6. The molecule has 4 aromatic rings. The molecule has 1 saturated carbocycles. The van der Waals surface area contributed by atoms with Gasteiger partial charge < -0.3 is 36.5 Å². The number of hydrogen-bond acceptors (Lipinski definition) is 9. The van der Waals surface area contributed by atoms with Crippen LogP contribution in [0.5, 0.6) is 0 Å². The Hall–Kier alpha value is -3.57. The quantitative estimate of drug-likeness (QED) is 0.207. The second-order valence-electron chi connectivity index (χ2n) is 10.3. The molecule has 1 saturated heterocycles. The second kappa shape index (κ2) is 10.7. The van der Waals surface area contributed by atoms with E-state index >= 15 is 0 Å². The third kappa shape index (κ3) is 4.83. The lowest BCUT2D eigenvalue weighted by molar-refractivity contribution is 0.0187. The highest BCUT2D eigenvalue weighted by Crippen LogP contribution is 2.34. The summed E-state index contributed by atoms with van der Waals surface area (Å²) >= 11 is 0. The molecule has 2 aromatic carbocycles. The van der Waals surface area contributed by atoms with Gasteiger partial charge in [0.25, 0.3) is 0 Å². The highest BCUT2D eigenvalue weighted by molar-refractivity contribution is 5.84. The Labute approximate surface area is 221 Å². The highest BCUT2D eigenvalue weighted by atomic mass is 16.3. The molecule has 0 bridgehead atoms. The summed E-state index contributed by atoms with van der Waals surface area (Å²) in [6.07, 6.45) is 1.09. The topological polar surface area (TPSA) is 146 Å². The van der Waals surface area contributed by atoms with Crippen molar-refractivity contribution in [1.82, 2.24) is 24.8 Å². The molecule has 3 heterocycles. The number of fused-ring (bicyclic) bond motifs is 1. The van der Waals surface area contributed by atoms with E-state index in [0.29, 0.717) is 35.9 Å². The molecule has 0 radical (unpaired) electrons. The van der Waals surface area contributed by atoms with Gasteiger partial charge >= 0.3 is 0 Å². The maximum absolute atomic E-state index is 10.7. The van der Waals surface area contributed by atoms with Crippen molar-refractivity contribution in [3.05, 3.63) is 78.1 Å². The van der Waals surface area contributed by atoms with E-state index in [-0.39, 0.29) is 12.0 Å². The fourth-order valence-electron chi connectivity index (χ4n) is 5.62. The van der Waals surface area contributed by atoms with Gasteiger partial charge in [-0.25, -0.2) is 4.98 Å². The minimum atomic E-state index is -0.996. The van der Waals surface area contributed by atoms with Crippen LogP contribution in [0.1, 0.15) is 35.9 Å². The number of benzene rings is 2. The van der Waals surface area contributed by atoms with Gasteiger partial charge in [0, 0.05) is 31.1 Å². The SMILES string of the molecule is N[C@H]1C[C@@H](n2cnc3c(NCC(c4ccccc4)c4ccccc4)nc(N[C@H]4CCNC4)nc32)[C@H](O)[C@@H]1O. The monoisotopic (exact) mass is 514 g/mol. The maximum atomic E-state index is 10.7. The van der Waals surface area contributed by atoms with E-state index in [0.717, 1.165) is 19.5 Å². The summed E-state index contributed by atoms with van der Waals surface area (Å²) in [5.41, 5.74) is 9.68. The number of aromatic nitrogens is 4. The van der Waals surface area contributed by atoms with Gasteiger partial charge in [0.1, 0.15) is 6.10 Å². The van der Waals surface area contributed by atoms with Crippen LogP contribution in [0.15, 0.2) is 67.0 Å². The Morgan fingerprint density at radius 1 is 1.00 bits per heavy atom. The summed E-state index contributed by atoms with van der Waals surface area (Å²) < 4.78 is 1.83. The summed E-state index contributed by atoms with van der Waals surface area (Å²) in [5, 5.41) is 31.4. The van der Waals surface area contributed by atoms with Crippen molar-refractivity contribution in [3.63, 3.8) is 0 Å². The van der Waals surface area contributed by atoms with Crippen molar-refractivity contribution in [2.75, 3.05) is 30.3 Å². The number of hydrogen-bond donors (Lipinski definition) is 6. The largest absolute Gasteiger partial charge is 0.389 e. The van der Waals surface area contributed by atoms with E-state index in [1.54, 1.807) is 6.33 Å². The van der Waals surface area contributed by atoms with E-state index in [4.69, 9.17) is 15.7 Å². The third-order valence-corrected chi connectivity index (χ3v) is 7.75. The number of aliphatic hydroxyl groups excluding tert-OH is 2. The van der Waals surface area contributed by atoms with Crippen LogP contribution in [-0.2, 0) is 0 Å². The van der Waals surface area contributed by atoms with Crippen molar-refractivity contribution in [2.24, 2.45) is 5.73 Å². The molecule has 1 aliphatic heterocycles. The summed E-state index contributed by atoms with van der Waals surface area (Å²) in [5.74, 6) is 1.23. The van der Waals surface area contributed by atoms with E-state index in [1.807, 2.05) is 16.7 Å². The van der Waals surface area contributed by atoms with Gasteiger partial charge in [0.15, 0.2) is 17.0 Å². The fourth-order valence-corrected chi connectivity index (χ4v) is 5.62. The van der Waals surface area contributed by atoms with Gasteiger partial charge in [-0.05, 0) is 30.5 Å². The number of aliphatic hydroxyl groups is 2. The molecule has 1 aliphatic carbocycles. The normalized spacial score (nSPS) is 25.3. The minimum absolute atomic E-state index is 0.102. The summed E-state index contributed by atoms with van der Waals surface area (Å²) in [7, 11) is 0. The average Bonchev–Trinajstić information content (AvgIpc) is 3.67. The molecular weight excluding hydrogens is 480 g/mol. The molecule has 0 spiro atoms. The van der Waals surface area contributed by atoms with Crippen LogP contribution in [0.2, 0.25) is 0 Å². The molecule has 0 amide bonds. The molecule has 5 atom stereocenters. The van der Waals surface area contributed by atoms with Gasteiger partial charge in [-0.2, -0.15) is 9.97 Å². The van der Waals surface area contributed by atoms with Crippen molar-refractivity contribution in [3.8, 4) is 0 Å². The first-order valence-corrected chi connectivity index (χ1v) is 13.3. The lowest BCUT2D eigenvalue weighted by Crippen LogP contribution is -2.35. The number of nitrogens with zero attached hydrogens (tertiary/aromatic N) is 4. The maximum Gasteiger partial charge on any atom is 0.227 e. The van der Waals surface area contributed by atoms with Crippen molar-refractivity contribution < 1.29 is 10.2 Å². The van der Waals surface area contributed by atoms with Gasteiger partial charge in [0.2, 0.25) is 5.95 Å². The van der Waals surface area contributed by atoms with Crippen LogP contribution in [0.3, 0.4) is 0 Å². The Bertz CT molecular complexity index is 1320. The smallest absolute Gasteiger partial charge is 0.227 e. The minimum Gasteiger partial charge on any atom is -0.389 e. The summed E-state index contributed by atoms with van der Waals surface area (Å²) in [6, 6.07) is 20.1. The zero-order valence-corrected chi connectivity index (χ0v) is 21.1. The number of nitrogens with two attached hydrogens (primary N) is 1. The zero-order chi connectivity index (χ0) is 26.1. The standard InChI is InChI=1S/C28H34N8O2/c29-21-13-22(25(38)24(21)37)36-16-32-23-26(34-28(35-27(23)36)33-19-11-12-30-14-19)31-15-20(17-7-3-1-4-8-17)18-9-5-2-6-10-18/h1-10,16,19-22,24-25,30,37-38H,11-15,29H2,(H2,31,33,34,35)/t19-,21-,22+,24+,25-/m0/s1. The van der Waals surface area contributed by atoms with Gasteiger partial charge in [0.05, 0.1) is 18.5 Å². The Morgan fingerprint density at radius 3 is 2.32 bits per heavy atom. The Balaban J connectivity index is 1.36. The molecule has 2 aromatic heterocycles. The zero-order valence-electron chi connectivity index (χ0n) is 21.1. The number of anilines is 2. The van der Waals surface area contributed by atoms with Gasteiger partial charge in [-0.1, -0.05) is 60.7 Å². The number of rotatable bonds is 8. The lowest BCUT2D eigenvalue weighted by Gasteiger charge is -2.21. The van der Waals surface area contributed by atoms with Crippen molar-refractivity contribution in [2.45, 2.75) is 49.1 Å². The van der Waals surface area contributed by atoms with E-state index in [9.17, 15) is 10.2 Å². The van der Waals surface area contributed by atoms with E-state index < -0.39 is 24.3 Å². The van der Waals surface area contributed by atoms with Crippen LogP contribution >= 0.6 is 0 Å². The molecule has 6 rings (SSSR count). The first-order valence-electron chi connectivity index (χ1n) is 13.3. The molecule has 2 aliphatic rings. The van der Waals surface area contributed by atoms with Crippen LogP contribution < -0.4 is 21.7 Å². The van der Waals surface area contributed by atoms with Crippen molar-refractivity contribution >= 4 is 22.9 Å². The van der Waals surface area contributed by atoms with E-state index in [1.165, 1.54) is 11.1 Å². The van der Waals surface area contributed by atoms with Crippen LogP contribution in [0.25, 0.3) is 11.2 Å². The molecule has 38 heavy (non-hydrogen) atoms. The molecule has 7 N–H and O–H groups in total. The van der Waals surface area contributed by atoms with Crippen LogP contribution in [0.4, 0.5) is 11.8 Å². The summed E-state index contributed by atoms with van der Waals surface area (Å²) in [4.78, 5) is 14.3. The summed E-state index contributed by atoms with van der Waals surface area (Å²) in [6.45, 7) is 2.39. The molecular formula is C28H34N8O2. The Kier molecular flexibility index (Phi) is 6.94.